The van der Waals surface area contributed by atoms with Crippen LogP contribution in [-0.2, 0) is 6.54 Å². The number of rotatable bonds is 4. The summed E-state index contributed by atoms with van der Waals surface area (Å²) in [6, 6.07) is 10.1. The summed E-state index contributed by atoms with van der Waals surface area (Å²) in [7, 11) is 0. The SMILES string of the molecule is O=C(Nc1cc(Cl)cc(Cl)c1)c1c[nH]c(=O)n(Cc2ccccc2F)c1=O. The summed E-state index contributed by atoms with van der Waals surface area (Å²) in [5.41, 5.74) is -1.51. The average molecular weight is 408 g/mol. The third kappa shape index (κ3) is 4.27. The summed E-state index contributed by atoms with van der Waals surface area (Å²) >= 11 is 11.8. The quantitative estimate of drug-likeness (QED) is 0.695. The summed E-state index contributed by atoms with van der Waals surface area (Å²) in [4.78, 5) is 39.3. The van der Waals surface area contributed by atoms with Crippen molar-refractivity contribution < 1.29 is 9.18 Å². The second-order valence-corrected chi connectivity index (χ2v) is 6.48. The highest BCUT2D eigenvalue weighted by Gasteiger charge is 2.16. The number of halogens is 3. The number of aromatic nitrogens is 2. The van der Waals surface area contributed by atoms with Crippen LogP contribution in [0.2, 0.25) is 10.0 Å². The molecule has 0 saturated heterocycles. The molecule has 1 aromatic heterocycles. The Bertz CT molecular complexity index is 1120. The molecule has 0 fully saturated rings. The number of aromatic amines is 1. The molecular weight excluding hydrogens is 396 g/mol. The van der Waals surface area contributed by atoms with Crippen molar-refractivity contribution in [2.45, 2.75) is 6.54 Å². The number of nitrogens with one attached hydrogen (secondary N) is 2. The third-order valence-electron chi connectivity index (χ3n) is 3.71. The van der Waals surface area contributed by atoms with Gasteiger partial charge < -0.3 is 10.3 Å². The molecule has 0 bridgehead atoms. The molecule has 6 nitrogen and oxygen atoms in total. The second kappa shape index (κ2) is 7.77. The monoisotopic (exact) mass is 407 g/mol. The van der Waals surface area contributed by atoms with Crippen LogP contribution >= 0.6 is 23.2 Å². The Morgan fingerprint density at radius 1 is 1.11 bits per heavy atom. The average Bonchev–Trinajstić information content (AvgIpc) is 2.59. The fraction of sp³-hybridized carbons (Fsp3) is 0.0556. The standard InChI is InChI=1S/C18H12Cl2FN3O3/c19-11-5-12(20)7-13(6-11)23-16(25)14-8-22-18(27)24(17(14)26)9-10-3-1-2-4-15(10)21/h1-8H,9H2,(H,22,27)(H,23,25). The van der Waals surface area contributed by atoms with E-state index in [4.69, 9.17) is 23.2 Å². The molecule has 2 aromatic carbocycles. The molecule has 138 valence electrons. The first kappa shape index (κ1) is 18.9. The molecule has 3 rings (SSSR count). The van der Waals surface area contributed by atoms with Crippen molar-refractivity contribution in [3.63, 3.8) is 0 Å². The molecule has 3 aromatic rings. The lowest BCUT2D eigenvalue weighted by Gasteiger charge is -2.09. The predicted octanol–water partition coefficient (Wildman–Crippen LogP) is 3.28. The first-order chi connectivity index (χ1) is 12.8. The van der Waals surface area contributed by atoms with Crippen molar-refractivity contribution >= 4 is 34.8 Å². The number of nitrogens with zero attached hydrogens (tertiary/aromatic N) is 1. The number of amides is 1. The maximum absolute atomic E-state index is 13.8. The molecule has 9 heteroatoms. The van der Waals surface area contributed by atoms with Crippen LogP contribution < -0.4 is 16.6 Å². The van der Waals surface area contributed by atoms with E-state index < -0.39 is 23.0 Å². The molecule has 1 heterocycles. The lowest BCUT2D eigenvalue weighted by Crippen LogP contribution is -2.39. The third-order valence-corrected chi connectivity index (χ3v) is 4.15. The highest BCUT2D eigenvalue weighted by atomic mass is 35.5. The molecule has 0 spiro atoms. The molecule has 27 heavy (non-hydrogen) atoms. The van der Waals surface area contributed by atoms with E-state index in [1.165, 1.54) is 36.4 Å². The van der Waals surface area contributed by atoms with Gasteiger partial charge in [0.05, 0.1) is 6.54 Å². The van der Waals surface area contributed by atoms with Crippen molar-refractivity contribution in [3.05, 3.63) is 96.5 Å². The van der Waals surface area contributed by atoms with E-state index in [2.05, 4.69) is 10.3 Å². The molecule has 0 aliphatic heterocycles. The Morgan fingerprint density at radius 2 is 1.78 bits per heavy atom. The van der Waals surface area contributed by atoms with E-state index in [0.717, 1.165) is 10.8 Å². The molecule has 0 aliphatic rings. The van der Waals surface area contributed by atoms with Gasteiger partial charge in [0, 0.05) is 27.5 Å². The first-order valence-electron chi connectivity index (χ1n) is 7.68. The number of anilines is 1. The van der Waals surface area contributed by atoms with Crippen molar-refractivity contribution in [3.8, 4) is 0 Å². The lowest BCUT2D eigenvalue weighted by atomic mass is 10.2. The minimum atomic E-state index is -0.854. The summed E-state index contributed by atoms with van der Waals surface area (Å²) in [6.45, 7) is -0.315. The molecule has 0 unspecified atom stereocenters. The van der Waals surface area contributed by atoms with Crippen molar-refractivity contribution in [2.24, 2.45) is 0 Å². The highest BCUT2D eigenvalue weighted by molar-refractivity contribution is 6.35. The lowest BCUT2D eigenvalue weighted by molar-refractivity contribution is 0.102. The molecule has 1 amide bonds. The van der Waals surface area contributed by atoms with Gasteiger partial charge in [-0.05, 0) is 24.3 Å². The van der Waals surface area contributed by atoms with Gasteiger partial charge in [-0.1, -0.05) is 41.4 Å². The highest BCUT2D eigenvalue weighted by Crippen LogP contribution is 2.22. The number of carbonyl (C=O) groups excluding carboxylic acids is 1. The van der Waals surface area contributed by atoms with Gasteiger partial charge >= 0.3 is 5.69 Å². The smallest absolute Gasteiger partial charge is 0.322 e. The van der Waals surface area contributed by atoms with Crippen LogP contribution in [0.3, 0.4) is 0 Å². The Balaban J connectivity index is 1.95. The van der Waals surface area contributed by atoms with Gasteiger partial charge in [0.15, 0.2) is 0 Å². The Hall–Kier alpha value is -2.90. The molecule has 0 radical (unpaired) electrons. The van der Waals surface area contributed by atoms with E-state index >= 15 is 0 Å². The zero-order valence-corrected chi connectivity index (χ0v) is 15.1. The molecule has 2 N–H and O–H groups in total. The first-order valence-corrected chi connectivity index (χ1v) is 8.44. The van der Waals surface area contributed by atoms with Gasteiger partial charge in [-0.25, -0.2) is 9.18 Å². The molecule has 0 aliphatic carbocycles. The second-order valence-electron chi connectivity index (χ2n) is 5.60. The fourth-order valence-corrected chi connectivity index (χ4v) is 2.96. The van der Waals surface area contributed by atoms with Gasteiger partial charge in [0.2, 0.25) is 0 Å². The predicted molar refractivity (Wildman–Crippen MR) is 101 cm³/mol. The number of hydrogen-bond acceptors (Lipinski definition) is 3. The zero-order chi connectivity index (χ0) is 19.6. The topological polar surface area (TPSA) is 84.0 Å². The molecular formula is C18H12Cl2FN3O3. The minimum Gasteiger partial charge on any atom is -0.322 e. The van der Waals surface area contributed by atoms with Gasteiger partial charge in [0.1, 0.15) is 11.4 Å². The van der Waals surface area contributed by atoms with Crippen LogP contribution in [0, 0.1) is 5.82 Å². The molecule has 0 atom stereocenters. The zero-order valence-electron chi connectivity index (χ0n) is 13.6. The van der Waals surface area contributed by atoms with Crippen molar-refractivity contribution in [2.75, 3.05) is 5.32 Å². The fourth-order valence-electron chi connectivity index (χ4n) is 2.44. The summed E-state index contributed by atoms with van der Waals surface area (Å²) in [5, 5.41) is 3.09. The van der Waals surface area contributed by atoms with Gasteiger partial charge in [-0.15, -0.1) is 0 Å². The van der Waals surface area contributed by atoms with E-state index in [9.17, 15) is 18.8 Å². The van der Waals surface area contributed by atoms with E-state index in [1.807, 2.05) is 0 Å². The van der Waals surface area contributed by atoms with Crippen LogP contribution in [0.1, 0.15) is 15.9 Å². The Kier molecular flexibility index (Phi) is 5.43. The summed E-state index contributed by atoms with van der Waals surface area (Å²) in [5.74, 6) is -1.33. The minimum absolute atomic E-state index is 0.143. The van der Waals surface area contributed by atoms with Crippen LogP contribution in [0.15, 0.2) is 58.3 Å². The van der Waals surface area contributed by atoms with E-state index in [0.29, 0.717) is 10.0 Å². The Morgan fingerprint density at radius 3 is 2.44 bits per heavy atom. The number of carbonyl (C=O) groups is 1. The Labute approximate surface area is 162 Å². The summed E-state index contributed by atoms with van der Waals surface area (Å²) < 4.78 is 14.6. The van der Waals surface area contributed by atoms with Crippen molar-refractivity contribution in [1.29, 1.82) is 0 Å². The van der Waals surface area contributed by atoms with Crippen LogP contribution in [0.25, 0.3) is 0 Å². The number of benzene rings is 2. The van der Waals surface area contributed by atoms with Gasteiger partial charge in [-0.3, -0.25) is 14.2 Å². The molecule has 0 saturated carbocycles. The number of hydrogen-bond donors (Lipinski definition) is 2. The van der Waals surface area contributed by atoms with Gasteiger partial charge in [-0.2, -0.15) is 0 Å². The van der Waals surface area contributed by atoms with Crippen LogP contribution in [0.5, 0.6) is 0 Å². The van der Waals surface area contributed by atoms with Crippen LogP contribution in [0.4, 0.5) is 10.1 Å². The van der Waals surface area contributed by atoms with E-state index in [-0.39, 0.29) is 23.4 Å². The largest absolute Gasteiger partial charge is 0.328 e. The normalized spacial score (nSPS) is 10.6. The number of H-pyrrole nitrogens is 1. The van der Waals surface area contributed by atoms with Crippen molar-refractivity contribution in [1.82, 2.24) is 9.55 Å². The van der Waals surface area contributed by atoms with Gasteiger partial charge in [0.25, 0.3) is 11.5 Å². The van der Waals surface area contributed by atoms with E-state index in [1.54, 1.807) is 6.07 Å². The maximum Gasteiger partial charge on any atom is 0.328 e. The maximum atomic E-state index is 13.8. The van der Waals surface area contributed by atoms with Crippen LogP contribution in [-0.4, -0.2) is 15.5 Å². The summed E-state index contributed by atoms with van der Waals surface area (Å²) in [6.07, 6.45) is 1.00.